The highest BCUT2D eigenvalue weighted by atomic mass is 16.1. The van der Waals surface area contributed by atoms with Crippen LogP contribution in [0.4, 0.5) is 0 Å². The summed E-state index contributed by atoms with van der Waals surface area (Å²) in [6.07, 6.45) is 4.58. The molecule has 1 aromatic rings. The Hall–Kier alpha value is -1.31. The normalized spacial score (nSPS) is 13.9. The van der Waals surface area contributed by atoms with Crippen LogP contribution in [0.5, 0.6) is 0 Å². The van der Waals surface area contributed by atoms with Gasteiger partial charge in [0.05, 0.1) is 0 Å². The highest BCUT2D eigenvalue weighted by Gasteiger charge is 2.16. The van der Waals surface area contributed by atoms with Gasteiger partial charge in [0.1, 0.15) is 0 Å². The minimum atomic E-state index is 0.0725. The van der Waals surface area contributed by atoms with Crippen molar-refractivity contribution in [3.05, 3.63) is 35.9 Å². The maximum absolute atomic E-state index is 11.1. The second-order valence-electron chi connectivity index (χ2n) is 5.06. The van der Waals surface area contributed by atoms with E-state index in [9.17, 15) is 4.79 Å². The van der Waals surface area contributed by atoms with E-state index in [0.29, 0.717) is 5.92 Å². The smallest absolute Gasteiger partial charge is 0.217 e. The molecule has 1 amide bonds. The van der Waals surface area contributed by atoms with E-state index in [-0.39, 0.29) is 11.9 Å². The van der Waals surface area contributed by atoms with Crippen LogP contribution in [-0.4, -0.2) is 11.9 Å². The molecule has 0 radical (unpaired) electrons. The molecule has 2 atom stereocenters. The molecule has 2 unspecified atom stereocenters. The molecule has 100 valence electrons. The quantitative estimate of drug-likeness (QED) is 0.784. The van der Waals surface area contributed by atoms with Crippen molar-refractivity contribution >= 4 is 5.91 Å². The Morgan fingerprint density at radius 3 is 2.44 bits per heavy atom. The third-order valence-corrected chi connectivity index (χ3v) is 3.44. The molecule has 0 aliphatic heterocycles. The number of amides is 1. The Balaban J connectivity index is 2.49. The predicted octanol–water partition coefficient (Wildman–Crippen LogP) is 3.56. The number of carbonyl (C=O) groups excluding carboxylic acids is 1. The maximum atomic E-state index is 11.1. The molecule has 2 nitrogen and oxygen atoms in total. The molecule has 0 aromatic heterocycles. The third-order valence-electron chi connectivity index (χ3n) is 3.44. The SMILES string of the molecule is CCCC(CCc1ccccc1)C(C)NC(C)=O. The third kappa shape index (κ3) is 5.35. The molecule has 1 aromatic carbocycles. The first-order valence-electron chi connectivity index (χ1n) is 6.94. The van der Waals surface area contributed by atoms with Gasteiger partial charge in [0, 0.05) is 13.0 Å². The first-order valence-corrected chi connectivity index (χ1v) is 6.94. The number of hydrogen-bond donors (Lipinski definition) is 1. The van der Waals surface area contributed by atoms with Crippen molar-refractivity contribution in [2.75, 3.05) is 0 Å². The summed E-state index contributed by atoms with van der Waals surface area (Å²) >= 11 is 0. The fraction of sp³-hybridized carbons (Fsp3) is 0.562. The maximum Gasteiger partial charge on any atom is 0.217 e. The van der Waals surface area contributed by atoms with Crippen molar-refractivity contribution in [2.24, 2.45) is 5.92 Å². The lowest BCUT2D eigenvalue weighted by Crippen LogP contribution is -2.36. The van der Waals surface area contributed by atoms with Crippen LogP contribution in [0.25, 0.3) is 0 Å². The van der Waals surface area contributed by atoms with Gasteiger partial charge < -0.3 is 5.32 Å². The van der Waals surface area contributed by atoms with Crippen molar-refractivity contribution in [3.63, 3.8) is 0 Å². The summed E-state index contributed by atoms with van der Waals surface area (Å²) in [6, 6.07) is 10.8. The molecule has 0 spiro atoms. The van der Waals surface area contributed by atoms with E-state index in [2.05, 4.69) is 43.4 Å². The van der Waals surface area contributed by atoms with E-state index in [1.165, 1.54) is 18.4 Å². The lowest BCUT2D eigenvalue weighted by Gasteiger charge is -2.24. The molecule has 1 rings (SSSR count). The summed E-state index contributed by atoms with van der Waals surface area (Å²) in [6.45, 7) is 5.92. The van der Waals surface area contributed by atoms with Gasteiger partial charge in [-0.1, -0.05) is 43.7 Å². The number of carbonyl (C=O) groups is 1. The number of hydrogen-bond acceptors (Lipinski definition) is 1. The van der Waals surface area contributed by atoms with Crippen LogP contribution < -0.4 is 5.32 Å². The molecular weight excluding hydrogens is 222 g/mol. The Labute approximate surface area is 111 Å². The highest BCUT2D eigenvalue weighted by molar-refractivity contribution is 5.73. The van der Waals surface area contributed by atoms with E-state index in [1.807, 2.05) is 6.07 Å². The van der Waals surface area contributed by atoms with E-state index in [4.69, 9.17) is 0 Å². The van der Waals surface area contributed by atoms with Crippen LogP contribution in [0.3, 0.4) is 0 Å². The summed E-state index contributed by atoms with van der Waals surface area (Å²) in [7, 11) is 0. The van der Waals surface area contributed by atoms with Gasteiger partial charge in [-0.15, -0.1) is 0 Å². The summed E-state index contributed by atoms with van der Waals surface area (Å²) in [5, 5.41) is 3.02. The average Bonchev–Trinajstić information content (AvgIpc) is 2.34. The molecule has 0 aliphatic carbocycles. The fourth-order valence-corrected chi connectivity index (χ4v) is 2.45. The second-order valence-corrected chi connectivity index (χ2v) is 5.06. The molecule has 0 fully saturated rings. The van der Waals surface area contributed by atoms with Crippen LogP contribution in [-0.2, 0) is 11.2 Å². The van der Waals surface area contributed by atoms with Gasteiger partial charge in [0.25, 0.3) is 0 Å². The van der Waals surface area contributed by atoms with Gasteiger partial charge in [-0.25, -0.2) is 0 Å². The van der Waals surface area contributed by atoms with E-state index in [0.717, 1.165) is 12.8 Å². The zero-order valence-corrected chi connectivity index (χ0v) is 11.8. The Morgan fingerprint density at radius 2 is 1.89 bits per heavy atom. The van der Waals surface area contributed by atoms with E-state index in [1.54, 1.807) is 6.92 Å². The summed E-state index contributed by atoms with van der Waals surface area (Å²) in [5.74, 6) is 0.641. The summed E-state index contributed by atoms with van der Waals surface area (Å²) < 4.78 is 0. The summed E-state index contributed by atoms with van der Waals surface area (Å²) in [4.78, 5) is 11.1. The predicted molar refractivity (Wildman–Crippen MR) is 76.4 cm³/mol. The van der Waals surface area contributed by atoms with Gasteiger partial charge >= 0.3 is 0 Å². The lowest BCUT2D eigenvalue weighted by molar-refractivity contribution is -0.119. The Morgan fingerprint density at radius 1 is 1.22 bits per heavy atom. The first kappa shape index (κ1) is 14.7. The minimum Gasteiger partial charge on any atom is -0.354 e. The van der Waals surface area contributed by atoms with Crippen molar-refractivity contribution in [3.8, 4) is 0 Å². The molecule has 1 N–H and O–H groups in total. The Bertz CT molecular complexity index is 347. The zero-order chi connectivity index (χ0) is 13.4. The van der Waals surface area contributed by atoms with Crippen LogP contribution in [0, 0.1) is 5.92 Å². The van der Waals surface area contributed by atoms with Gasteiger partial charge in [-0.05, 0) is 37.7 Å². The number of nitrogens with one attached hydrogen (secondary N) is 1. The average molecular weight is 247 g/mol. The van der Waals surface area contributed by atoms with Crippen molar-refractivity contribution < 1.29 is 4.79 Å². The minimum absolute atomic E-state index is 0.0725. The molecule has 0 saturated carbocycles. The second kappa shape index (κ2) is 7.91. The molecule has 2 heteroatoms. The fourth-order valence-electron chi connectivity index (χ4n) is 2.45. The molecule has 18 heavy (non-hydrogen) atoms. The first-order chi connectivity index (χ1) is 8.63. The highest BCUT2D eigenvalue weighted by Crippen LogP contribution is 2.19. The van der Waals surface area contributed by atoms with Crippen LogP contribution in [0.2, 0.25) is 0 Å². The molecule has 0 saturated heterocycles. The summed E-state index contributed by atoms with van der Waals surface area (Å²) in [5.41, 5.74) is 1.38. The monoisotopic (exact) mass is 247 g/mol. The van der Waals surface area contributed by atoms with Gasteiger partial charge in [-0.3, -0.25) is 4.79 Å². The largest absolute Gasteiger partial charge is 0.354 e. The lowest BCUT2D eigenvalue weighted by atomic mass is 9.89. The number of aryl methyl sites for hydroxylation is 1. The van der Waals surface area contributed by atoms with Crippen molar-refractivity contribution in [2.45, 2.75) is 52.5 Å². The van der Waals surface area contributed by atoms with Gasteiger partial charge in [0.2, 0.25) is 5.91 Å². The van der Waals surface area contributed by atoms with Crippen LogP contribution in [0.15, 0.2) is 30.3 Å². The van der Waals surface area contributed by atoms with Gasteiger partial charge in [-0.2, -0.15) is 0 Å². The molecule has 0 heterocycles. The number of rotatable bonds is 7. The molecular formula is C16H25NO. The zero-order valence-electron chi connectivity index (χ0n) is 11.8. The number of benzene rings is 1. The van der Waals surface area contributed by atoms with E-state index < -0.39 is 0 Å². The molecule has 0 bridgehead atoms. The van der Waals surface area contributed by atoms with Crippen molar-refractivity contribution in [1.29, 1.82) is 0 Å². The Kier molecular flexibility index (Phi) is 6.48. The van der Waals surface area contributed by atoms with Crippen LogP contribution >= 0.6 is 0 Å². The van der Waals surface area contributed by atoms with Gasteiger partial charge in [0.15, 0.2) is 0 Å². The van der Waals surface area contributed by atoms with E-state index >= 15 is 0 Å². The van der Waals surface area contributed by atoms with Crippen molar-refractivity contribution in [1.82, 2.24) is 5.32 Å². The standard InChI is InChI=1S/C16H25NO/c1-4-8-16(13(2)17-14(3)18)12-11-15-9-6-5-7-10-15/h5-7,9-10,13,16H,4,8,11-12H2,1-3H3,(H,17,18). The molecule has 0 aliphatic rings. The topological polar surface area (TPSA) is 29.1 Å². The van der Waals surface area contributed by atoms with Crippen LogP contribution in [0.1, 0.15) is 45.6 Å².